The number of benzene rings is 3. The van der Waals surface area contributed by atoms with Gasteiger partial charge in [-0.2, -0.15) is 5.10 Å². The number of nitrogens with zero attached hydrogens (tertiary/aromatic N) is 5. The van der Waals surface area contributed by atoms with E-state index in [0.717, 1.165) is 5.69 Å². The van der Waals surface area contributed by atoms with Crippen LogP contribution in [0.15, 0.2) is 106 Å². The number of carbonyl (C=O) groups excluding carboxylic acids is 1. The van der Waals surface area contributed by atoms with E-state index in [9.17, 15) is 19.7 Å². The maximum absolute atomic E-state index is 14.2. The number of thiazole rings is 1. The van der Waals surface area contributed by atoms with Crippen molar-refractivity contribution in [1.82, 2.24) is 14.3 Å². The summed E-state index contributed by atoms with van der Waals surface area (Å²) in [5, 5.41) is 16.3. The predicted octanol–water partition coefficient (Wildman–Crippen LogP) is 4.57. The average molecular weight is 622 g/mol. The van der Waals surface area contributed by atoms with Gasteiger partial charge in [-0.25, -0.2) is 14.5 Å². The Hall–Kier alpha value is -5.62. The average Bonchev–Trinajstić information content (AvgIpc) is 3.61. The van der Waals surface area contributed by atoms with Crippen LogP contribution in [-0.2, 0) is 9.53 Å². The third-order valence-electron chi connectivity index (χ3n) is 7.33. The number of ether oxygens (including phenoxy) is 2. The van der Waals surface area contributed by atoms with Crippen LogP contribution in [0.5, 0.6) is 5.75 Å². The van der Waals surface area contributed by atoms with E-state index in [4.69, 9.17) is 14.6 Å². The van der Waals surface area contributed by atoms with E-state index < -0.39 is 16.9 Å². The van der Waals surface area contributed by atoms with Crippen molar-refractivity contribution in [2.45, 2.75) is 19.9 Å². The van der Waals surface area contributed by atoms with Gasteiger partial charge in [-0.3, -0.25) is 19.5 Å². The second kappa shape index (κ2) is 12.2. The molecule has 5 aromatic rings. The van der Waals surface area contributed by atoms with E-state index in [0.29, 0.717) is 43.2 Å². The summed E-state index contributed by atoms with van der Waals surface area (Å²) < 4.78 is 14.2. The van der Waals surface area contributed by atoms with Gasteiger partial charge in [0.1, 0.15) is 11.4 Å². The normalized spacial score (nSPS) is 14.6. The lowest BCUT2D eigenvalue weighted by molar-refractivity contribution is -0.384. The molecule has 0 radical (unpaired) electrons. The molecule has 45 heavy (non-hydrogen) atoms. The number of methoxy groups -OCH3 is 1. The number of hydrogen-bond donors (Lipinski definition) is 0. The van der Waals surface area contributed by atoms with Gasteiger partial charge in [0.2, 0.25) is 0 Å². The van der Waals surface area contributed by atoms with Gasteiger partial charge in [0.15, 0.2) is 4.80 Å². The maximum Gasteiger partial charge on any atom is 0.338 e. The van der Waals surface area contributed by atoms with Gasteiger partial charge in [-0.15, -0.1) is 0 Å². The van der Waals surface area contributed by atoms with E-state index in [1.807, 2.05) is 42.5 Å². The Morgan fingerprint density at radius 2 is 1.84 bits per heavy atom. The van der Waals surface area contributed by atoms with Crippen molar-refractivity contribution in [2.24, 2.45) is 4.99 Å². The van der Waals surface area contributed by atoms with Crippen LogP contribution in [0.1, 0.15) is 31.0 Å². The first-order valence-electron chi connectivity index (χ1n) is 14.0. The molecule has 2 aromatic heterocycles. The number of nitro benzene ring substituents is 1. The molecule has 0 spiro atoms. The Morgan fingerprint density at radius 1 is 1.09 bits per heavy atom. The Bertz CT molecular complexity index is 2150. The molecule has 0 fully saturated rings. The third-order valence-corrected chi connectivity index (χ3v) is 8.31. The molecule has 1 unspecified atom stereocenters. The van der Waals surface area contributed by atoms with Crippen LogP contribution >= 0.6 is 11.3 Å². The number of nitro groups is 1. The van der Waals surface area contributed by atoms with Crippen molar-refractivity contribution in [3.05, 3.63) is 137 Å². The highest BCUT2D eigenvalue weighted by Gasteiger charge is 2.33. The first-order chi connectivity index (χ1) is 21.8. The zero-order valence-electron chi connectivity index (χ0n) is 24.5. The van der Waals surface area contributed by atoms with Crippen molar-refractivity contribution < 1.29 is 19.2 Å². The van der Waals surface area contributed by atoms with E-state index in [1.165, 1.54) is 28.0 Å². The number of esters is 1. The highest BCUT2D eigenvalue weighted by Crippen LogP contribution is 2.32. The monoisotopic (exact) mass is 621 g/mol. The topological polar surface area (TPSA) is 131 Å². The molecule has 0 saturated carbocycles. The van der Waals surface area contributed by atoms with Crippen LogP contribution in [0.3, 0.4) is 0 Å². The lowest BCUT2D eigenvalue weighted by Gasteiger charge is -2.24. The van der Waals surface area contributed by atoms with Crippen molar-refractivity contribution >= 4 is 29.1 Å². The van der Waals surface area contributed by atoms with Crippen molar-refractivity contribution in [3.63, 3.8) is 0 Å². The minimum Gasteiger partial charge on any atom is -0.497 e. The van der Waals surface area contributed by atoms with Gasteiger partial charge in [-0.1, -0.05) is 53.8 Å². The molecule has 3 aromatic carbocycles. The fourth-order valence-electron chi connectivity index (χ4n) is 5.23. The molecule has 0 amide bonds. The van der Waals surface area contributed by atoms with E-state index in [1.54, 1.807) is 62.2 Å². The summed E-state index contributed by atoms with van der Waals surface area (Å²) in [4.78, 5) is 43.6. The highest BCUT2D eigenvalue weighted by molar-refractivity contribution is 7.07. The Balaban J connectivity index is 1.56. The van der Waals surface area contributed by atoms with Gasteiger partial charge in [0, 0.05) is 29.5 Å². The van der Waals surface area contributed by atoms with Crippen LogP contribution in [-0.4, -0.2) is 39.0 Å². The smallest absolute Gasteiger partial charge is 0.338 e. The summed E-state index contributed by atoms with van der Waals surface area (Å²) >= 11 is 1.18. The summed E-state index contributed by atoms with van der Waals surface area (Å²) in [6.07, 6.45) is 3.48. The Morgan fingerprint density at radius 3 is 2.53 bits per heavy atom. The van der Waals surface area contributed by atoms with E-state index in [-0.39, 0.29) is 23.4 Å². The third kappa shape index (κ3) is 5.58. The largest absolute Gasteiger partial charge is 0.497 e. The van der Waals surface area contributed by atoms with Gasteiger partial charge in [0.05, 0.1) is 46.2 Å². The van der Waals surface area contributed by atoms with Gasteiger partial charge < -0.3 is 9.47 Å². The lowest BCUT2D eigenvalue weighted by Crippen LogP contribution is -2.39. The summed E-state index contributed by atoms with van der Waals surface area (Å²) in [5.74, 6) is 0.0830. The van der Waals surface area contributed by atoms with Crippen molar-refractivity contribution in [3.8, 4) is 22.7 Å². The molecule has 12 heteroatoms. The second-order valence-corrected chi connectivity index (χ2v) is 11.1. The molecule has 1 aliphatic rings. The SMILES string of the molecule is CCOC(=O)C1=C(C)N=c2s/c(=C\c3cn(-c4ccccc4)nc3-c3cccc([N+](=O)[O-])c3)c(=O)n2C1c1ccc(OC)cc1. The molecule has 0 aliphatic carbocycles. The zero-order valence-corrected chi connectivity index (χ0v) is 25.4. The first-order valence-corrected chi connectivity index (χ1v) is 14.8. The van der Waals surface area contributed by atoms with Crippen molar-refractivity contribution in [2.75, 3.05) is 13.7 Å². The fraction of sp³-hybridized carbons (Fsp3) is 0.152. The summed E-state index contributed by atoms with van der Waals surface area (Å²) in [7, 11) is 1.56. The molecule has 0 saturated heterocycles. The van der Waals surface area contributed by atoms with Gasteiger partial charge in [-0.05, 0) is 49.8 Å². The van der Waals surface area contributed by atoms with Gasteiger partial charge >= 0.3 is 5.97 Å². The predicted molar refractivity (Wildman–Crippen MR) is 169 cm³/mol. The number of carbonyl (C=O) groups is 1. The van der Waals surface area contributed by atoms with Crippen molar-refractivity contribution in [1.29, 1.82) is 0 Å². The molecule has 3 heterocycles. The lowest BCUT2D eigenvalue weighted by atomic mass is 9.96. The molecule has 1 atom stereocenters. The minimum absolute atomic E-state index is 0.0754. The van der Waals surface area contributed by atoms with Gasteiger partial charge in [0.25, 0.3) is 11.2 Å². The van der Waals surface area contributed by atoms with E-state index >= 15 is 0 Å². The van der Waals surface area contributed by atoms with Crippen LogP contribution in [0.4, 0.5) is 5.69 Å². The number of fused-ring (bicyclic) bond motifs is 1. The summed E-state index contributed by atoms with van der Waals surface area (Å²) in [6, 6.07) is 22.0. The molecule has 226 valence electrons. The molecule has 1 aliphatic heterocycles. The second-order valence-electron chi connectivity index (χ2n) is 10.1. The summed E-state index contributed by atoms with van der Waals surface area (Å²) in [6.45, 7) is 3.62. The first kappa shape index (κ1) is 29.5. The molecule has 6 rings (SSSR count). The molecule has 11 nitrogen and oxygen atoms in total. The molecular weight excluding hydrogens is 594 g/mol. The van der Waals surface area contributed by atoms with Crippen LogP contribution in [0.2, 0.25) is 0 Å². The Labute approximate surface area is 260 Å². The number of aromatic nitrogens is 3. The fourth-order valence-corrected chi connectivity index (χ4v) is 6.27. The molecule has 0 bridgehead atoms. The summed E-state index contributed by atoms with van der Waals surface area (Å²) in [5.41, 5.74) is 3.32. The van der Waals surface area contributed by atoms with E-state index in [2.05, 4.69) is 4.99 Å². The molecule has 0 N–H and O–H groups in total. The zero-order chi connectivity index (χ0) is 31.7. The standard InChI is InChI=1S/C33H27N5O6S/c1-4-44-32(40)28-20(2)34-33-37(30(28)21-13-15-26(43-3)16-14-21)31(39)27(45-33)18-23-19-36(24-10-6-5-7-11-24)35-29(23)22-9-8-12-25(17-22)38(41)42/h5-19,30H,4H2,1-3H3/b27-18-. The number of hydrogen-bond acceptors (Lipinski definition) is 9. The quantitative estimate of drug-likeness (QED) is 0.141. The number of non-ortho nitro benzene ring substituents is 1. The van der Waals surface area contributed by atoms with Crippen LogP contribution < -0.4 is 19.6 Å². The number of rotatable bonds is 8. The Kier molecular flexibility index (Phi) is 7.97. The molecular formula is C33H27N5O6S. The number of para-hydroxylation sites is 1. The highest BCUT2D eigenvalue weighted by atomic mass is 32.1. The van der Waals surface area contributed by atoms with Crippen LogP contribution in [0.25, 0.3) is 23.0 Å². The van der Waals surface area contributed by atoms with Crippen LogP contribution in [0, 0.1) is 10.1 Å². The number of allylic oxidation sites excluding steroid dienone is 1. The maximum atomic E-state index is 14.2. The minimum atomic E-state index is -0.781.